The molecule has 3 N–H and O–H groups in total. The molecule has 0 heterocycles. The zero-order chi connectivity index (χ0) is 6.50. The fourth-order valence-corrected chi connectivity index (χ4v) is 0. The van der Waals surface area contributed by atoms with Crippen molar-refractivity contribution in [3.8, 4) is 0 Å². The Morgan fingerprint density at radius 1 is 1.10 bits per heavy atom. The Bertz CT molecular complexity index is 83.3. The van der Waals surface area contributed by atoms with E-state index >= 15 is 0 Å². The molecule has 0 rings (SSSR count). The molecule has 5 nitrogen and oxygen atoms in total. The zero-order valence-corrected chi connectivity index (χ0v) is 8.33. The Labute approximate surface area is 104 Å². The van der Waals surface area contributed by atoms with Gasteiger partial charge in [0, 0.05) is 17.1 Å². The van der Waals surface area contributed by atoms with Crippen LogP contribution in [0.25, 0.3) is 0 Å². The van der Waals surface area contributed by atoms with E-state index in [1.807, 2.05) is 0 Å². The van der Waals surface area contributed by atoms with Crippen LogP contribution < -0.4 is 37.7 Å². The summed E-state index contributed by atoms with van der Waals surface area (Å²) in [5.74, 6) is 0. The molecule has 0 radical (unpaired) electrons. The molecule has 10 heteroatoms. The van der Waals surface area contributed by atoms with Gasteiger partial charge in [-0.25, -0.2) is 4.57 Å². The van der Waals surface area contributed by atoms with Gasteiger partial charge in [0.1, 0.15) is 0 Å². The molecular weight excluding hydrogens is 240 g/mol. The average molecular weight is 245 g/mol. The van der Waals surface area contributed by atoms with E-state index < -0.39 is 7.82 Å². The first-order chi connectivity index (χ1) is 3.00. The fraction of sp³-hybridized carbons (Fsp3) is 0. The molecule has 0 spiro atoms. The number of hydrogen-bond donors (Lipinski definition) is 3. The molecule has 0 aromatic carbocycles. The maximum atomic E-state index is 8.88. The molecule has 59 valence electrons. The molecule has 0 aliphatic heterocycles. The minimum atomic E-state index is -4.64. The first-order valence-corrected chi connectivity index (χ1v) is 2.91. The van der Waals surface area contributed by atoms with Crippen LogP contribution in [0.15, 0.2) is 0 Å². The Morgan fingerprint density at radius 2 is 1.10 bits per heavy atom. The zero-order valence-electron chi connectivity index (χ0n) is 7.29. The van der Waals surface area contributed by atoms with Crippen LogP contribution in [-0.2, 0) is 41.2 Å². The summed E-state index contributed by atoms with van der Waals surface area (Å²) in [6.07, 6.45) is 0. The Kier molecular flexibility index (Phi) is 51.1. The molecule has 0 unspecified atom stereocenters. The molecule has 10 heavy (non-hydrogen) atoms. The maximum absolute atomic E-state index is 8.88. The van der Waals surface area contributed by atoms with Crippen LogP contribution in [0.1, 0.15) is 2.85 Å². The van der Waals surface area contributed by atoms with Gasteiger partial charge in [-0.05, 0) is 0 Å². The van der Waals surface area contributed by atoms with Gasteiger partial charge < -0.3 is 17.5 Å². The minimum absolute atomic E-state index is 0. The van der Waals surface area contributed by atoms with E-state index in [1.165, 1.54) is 0 Å². The van der Waals surface area contributed by atoms with E-state index in [9.17, 15) is 0 Å². The molecular formula is H5CoFeLi2O5P. The van der Waals surface area contributed by atoms with E-state index in [4.69, 9.17) is 23.1 Å². The van der Waals surface area contributed by atoms with Crippen molar-refractivity contribution in [3.63, 3.8) is 0 Å². The van der Waals surface area contributed by atoms with Crippen molar-refractivity contribution in [1.82, 2.24) is 0 Å². The molecule has 0 atom stereocenters. The number of hydrogen-bond acceptors (Lipinski definition) is 2. The van der Waals surface area contributed by atoms with Crippen LogP contribution in [-0.4, -0.2) is 14.7 Å². The molecule has 0 fully saturated rings. The van der Waals surface area contributed by atoms with Crippen molar-refractivity contribution in [2.45, 2.75) is 0 Å². The summed E-state index contributed by atoms with van der Waals surface area (Å²) in [6, 6.07) is 0. The van der Waals surface area contributed by atoms with E-state index in [0.29, 0.717) is 0 Å². The van der Waals surface area contributed by atoms with Gasteiger partial charge in [-0.15, -0.1) is 0 Å². The van der Waals surface area contributed by atoms with Crippen LogP contribution in [0.3, 0.4) is 0 Å². The SMILES string of the molecule is O=P(O)(O)O.[Fe].[H-].[H-].[Li+].[Li+].[O]=[Co]. The molecule has 0 aromatic rings. The van der Waals surface area contributed by atoms with Crippen molar-refractivity contribution in [2.75, 3.05) is 0 Å². The van der Waals surface area contributed by atoms with Crippen molar-refractivity contribution in [3.05, 3.63) is 0 Å². The third-order valence-electron chi connectivity index (χ3n) is 0. The van der Waals surface area contributed by atoms with Gasteiger partial charge in [0.15, 0.2) is 0 Å². The van der Waals surface area contributed by atoms with Gasteiger partial charge in [0.2, 0.25) is 0 Å². The Hall–Kier alpha value is 2.13. The molecule has 0 saturated heterocycles. The van der Waals surface area contributed by atoms with Crippen LogP contribution in [0.5, 0.6) is 0 Å². The third-order valence-corrected chi connectivity index (χ3v) is 0. The van der Waals surface area contributed by atoms with Gasteiger partial charge in [-0.2, -0.15) is 0 Å². The van der Waals surface area contributed by atoms with Crippen LogP contribution >= 0.6 is 7.82 Å². The summed E-state index contributed by atoms with van der Waals surface area (Å²) in [5, 5.41) is 0. The number of phosphoric acid groups is 1. The average Bonchev–Trinajstić information content (AvgIpc) is 1.36. The van der Waals surface area contributed by atoms with E-state index in [2.05, 4.69) is 15.7 Å². The first-order valence-electron chi connectivity index (χ1n) is 0.919. The molecule has 0 bridgehead atoms. The van der Waals surface area contributed by atoms with Gasteiger partial charge in [0.05, 0.1) is 0 Å². The van der Waals surface area contributed by atoms with E-state index in [0.717, 1.165) is 0 Å². The van der Waals surface area contributed by atoms with Crippen molar-refractivity contribution in [1.29, 1.82) is 0 Å². The van der Waals surface area contributed by atoms with Crippen LogP contribution in [0.4, 0.5) is 0 Å². The van der Waals surface area contributed by atoms with Gasteiger partial charge in [-0.1, -0.05) is 0 Å². The van der Waals surface area contributed by atoms with E-state index in [1.54, 1.807) is 0 Å². The monoisotopic (exact) mass is 245 g/mol. The van der Waals surface area contributed by atoms with Crippen LogP contribution in [0.2, 0.25) is 0 Å². The summed E-state index contributed by atoms with van der Waals surface area (Å²) in [4.78, 5) is 21.6. The topological polar surface area (TPSA) is 94.8 Å². The second-order valence-electron chi connectivity index (χ2n) is 0.513. The van der Waals surface area contributed by atoms with Gasteiger partial charge in [0.25, 0.3) is 0 Å². The molecule has 0 saturated carbocycles. The summed E-state index contributed by atoms with van der Waals surface area (Å²) in [7, 11) is -4.64. The number of rotatable bonds is 0. The summed E-state index contributed by atoms with van der Waals surface area (Å²) in [5.41, 5.74) is 0. The van der Waals surface area contributed by atoms with Crippen molar-refractivity contribution < 1.29 is 96.4 Å². The van der Waals surface area contributed by atoms with Crippen molar-refractivity contribution >= 4 is 7.82 Å². The molecule has 0 aromatic heterocycles. The van der Waals surface area contributed by atoms with Gasteiger partial charge >= 0.3 is 65.1 Å². The predicted octanol–water partition coefficient (Wildman–Crippen LogP) is -6.82. The molecule has 0 amide bonds. The quantitative estimate of drug-likeness (QED) is 0.291. The van der Waals surface area contributed by atoms with Crippen molar-refractivity contribution in [2.24, 2.45) is 0 Å². The summed E-state index contributed by atoms with van der Waals surface area (Å²) < 4.78 is 16.8. The second-order valence-corrected chi connectivity index (χ2v) is 1.54. The molecule has 0 aliphatic carbocycles. The Morgan fingerprint density at radius 3 is 1.10 bits per heavy atom. The summed E-state index contributed by atoms with van der Waals surface area (Å²) in [6.45, 7) is 0. The molecule has 0 aliphatic rings. The Balaban J connectivity index is -0.00000000671. The van der Waals surface area contributed by atoms with Gasteiger partial charge in [-0.3, -0.25) is 0 Å². The van der Waals surface area contributed by atoms with E-state index in [-0.39, 0.29) is 57.6 Å². The standard InChI is InChI=1S/Co.Fe.2Li.H3O4P.O.2H/c;;;;1-5(2,3)4;;;/h;;;;(H3,1,2,3,4);;;/q;;2*+1;;;2*-1. The second kappa shape index (κ2) is 17.3. The first kappa shape index (κ1) is 29.6. The summed E-state index contributed by atoms with van der Waals surface area (Å²) >= 11 is 2.31. The fourth-order valence-electron chi connectivity index (χ4n) is 0. The third kappa shape index (κ3) is 186. The van der Waals surface area contributed by atoms with Crippen LogP contribution in [0, 0.1) is 0 Å². The normalized spacial score (nSPS) is 6.40. The predicted molar refractivity (Wildman–Crippen MR) is 17.2 cm³/mol.